The van der Waals surface area contributed by atoms with Crippen LogP contribution in [0, 0.1) is 0 Å². The minimum Gasteiger partial charge on any atom is -0.497 e. The molecule has 0 aliphatic carbocycles. The fourth-order valence-electron chi connectivity index (χ4n) is 2.37. The van der Waals surface area contributed by atoms with E-state index in [0.29, 0.717) is 0 Å². The van der Waals surface area contributed by atoms with E-state index in [1.54, 1.807) is 7.11 Å². The molecule has 0 radical (unpaired) electrons. The highest BCUT2D eigenvalue weighted by atomic mass is 16.5. The predicted octanol–water partition coefficient (Wildman–Crippen LogP) is 2.01. The van der Waals surface area contributed by atoms with Crippen LogP contribution in [-0.2, 0) is 4.79 Å². The molecule has 1 aliphatic rings. The number of benzene rings is 1. The molecule has 1 aromatic carbocycles. The second kappa shape index (κ2) is 6.57. The van der Waals surface area contributed by atoms with Gasteiger partial charge in [0.15, 0.2) is 0 Å². The molecule has 0 saturated carbocycles. The van der Waals surface area contributed by atoms with E-state index in [9.17, 15) is 4.79 Å². The van der Waals surface area contributed by atoms with Gasteiger partial charge in [-0.3, -0.25) is 4.79 Å². The first-order valence-electron chi connectivity index (χ1n) is 6.88. The number of ether oxygens (including phenoxy) is 1. The van der Waals surface area contributed by atoms with Gasteiger partial charge in [0.1, 0.15) is 5.75 Å². The summed E-state index contributed by atoms with van der Waals surface area (Å²) in [6.45, 7) is 2.94. The van der Waals surface area contributed by atoms with Gasteiger partial charge >= 0.3 is 0 Å². The molecule has 2 atom stereocenters. The van der Waals surface area contributed by atoms with Gasteiger partial charge in [-0.15, -0.1) is 0 Å². The van der Waals surface area contributed by atoms with Crippen LogP contribution in [0.4, 0.5) is 0 Å². The second-order valence-corrected chi connectivity index (χ2v) is 5.01. The Hall–Kier alpha value is -1.55. The molecule has 0 aromatic heterocycles. The molecule has 1 fully saturated rings. The standard InChI is InChI=1S/C15H22N2O2/c1-11(12-6-8-13(19-2)9-7-12)17-15(18)14-5-3-4-10-16-14/h6-9,11,14,16H,3-5,10H2,1-2H3,(H,17,18)/t11?,14-/m1/s1. The monoisotopic (exact) mass is 262 g/mol. The summed E-state index contributed by atoms with van der Waals surface area (Å²) in [5.74, 6) is 0.930. The average Bonchev–Trinajstić information content (AvgIpc) is 2.48. The van der Waals surface area contributed by atoms with Gasteiger partial charge in [-0.05, 0) is 44.0 Å². The zero-order valence-corrected chi connectivity index (χ0v) is 11.6. The minimum atomic E-state index is -0.0329. The van der Waals surface area contributed by atoms with E-state index in [1.165, 1.54) is 0 Å². The second-order valence-electron chi connectivity index (χ2n) is 5.01. The lowest BCUT2D eigenvalue weighted by Crippen LogP contribution is -2.47. The molecule has 1 aromatic rings. The Morgan fingerprint density at radius 2 is 2.11 bits per heavy atom. The first-order chi connectivity index (χ1) is 9.20. The zero-order chi connectivity index (χ0) is 13.7. The highest BCUT2D eigenvalue weighted by Gasteiger charge is 2.21. The molecule has 4 nitrogen and oxygen atoms in total. The summed E-state index contributed by atoms with van der Waals surface area (Å²) in [6.07, 6.45) is 3.22. The highest BCUT2D eigenvalue weighted by molar-refractivity contribution is 5.82. The van der Waals surface area contributed by atoms with Crippen molar-refractivity contribution in [2.75, 3.05) is 13.7 Å². The van der Waals surface area contributed by atoms with Crippen molar-refractivity contribution in [2.24, 2.45) is 0 Å². The van der Waals surface area contributed by atoms with Gasteiger partial charge in [0.25, 0.3) is 0 Å². The quantitative estimate of drug-likeness (QED) is 0.872. The average molecular weight is 262 g/mol. The van der Waals surface area contributed by atoms with Crippen LogP contribution in [0.15, 0.2) is 24.3 Å². The molecular weight excluding hydrogens is 240 g/mol. The Labute approximate surface area is 114 Å². The Bertz CT molecular complexity index is 411. The van der Waals surface area contributed by atoms with Crippen LogP contribution in [0.25, 0.3) is 0 Å². The first kappa shape index (κ1) is 13.9. The minimum absolute atomic E-state index is 0.0159. The van der Waals surface area contributed by atoms with Gasteiger partial charge in [-0.25, -0.2) is 0 Å². The van der Waals surface area contributed by atoms with Crippen LogP contribution in [0.3, 0.4) is 0 Å². The van der Waals surface area contributed by atoms with Gasteiger partial charge in [0.2, 0.25) is 5.91 Å². The SMILES string of the molecule is COc1ccc(C(C)NC(=O)[C@H]2CCCCN2)cc1. The van der Waals surface area contributed by atoms with E-state index in [2.05, 4.69) is 10.6 Å². The van der Waals surface area contributed by atoms with Crippen LogP contribution in [0.2, 0.25) is 0 Å². The van der Waals surface area contributed by atoms with Crippen molar-refractivity contribution < 1.29 is 9.53 Å². The zero-order valence-electron chi connectivity index (χ0n) is 11.6. The fourth-order valence-corrected chi connectivity index (χ4v) is 2.37. The maximum atomic E-state index is 12.1. The summed E-state index contributed by atoms with van der Waals surface area (Å²) in [7, 11) is 1.65. The summed E-state index contributed by atoms with van der Waals surface area (Å²) in [5.41, 5.74) is 1.09. The number of hydrogen-bond acceptors (Lipinski definition) is 3. The molecule has 104 valence electrons. The van der Waals surface area contributed by atoms with Crippen molar-refractivity contribution in [3.63, 3.8) is 0 Å². The molecule has 1 saturated heterocycles. The third-order valence-electron chi connectivity index (χ3n) is 3.60. The third-order valence-corrected chi connectivity index (χ3v) is 3.60. The lowest BCUT2D eigenvalue weighted by atomic mass is 10.0. The summed E-state index contributed by atoms with van der Waals surface area (Å²) in [4.78, 5) is 12.1. The van der Waals surface area contributed by atoms with E-state index >= 15 is 0 Å². The summed E-state index contributed by atoms with van der Waals surface area (Å²) in [5, 5.41) is 6.32. The van der Waals surface area contributed by atoms with Crippen LogP contribution < -0.4 is 15.4 Å². The Morgan fingerprint density at radius 1 is 1.37 bits per heavy atom. The third kappa shape index (κ3) is 3.70. The van der Waals surface area contributed by atoms with Crippen molar-refractivity contribution in [3.05, 3.63) is 29.8 Å². The van der Waals surface area contributed by atoms with Crippen molar-refractivity contribution in [1.29, 1.82) is 0 Å². The Kier molecular flexibility index (Phi) is 4.80. The topological polar surface area (TPSA) is 50.4 Å². The molecule has 1 aliphatic heterocycles. The molecule has 19 heavy (non-hydrogen) atoms. The van der Waals surface area contributed by atoms with Gasteiger partial charge in [-0.2, -0.15) is 0 Å². The molecule has 0 bridgehead atoms. The lowest BCUT2D eigenvalue weighted by molar-refractivity contribution is -0.124. The lowest BCUT2D eigenvalue weighted by Gasteiger charge is -2.24. The Balaban J connectivity index is 1.91. The maximum Gasteiger partial charge on any atom is 0.237 e. The van der Waals surface area contributed by atoms with Crippen molar-refractivity contribution in [3.8, 4) is 5.75 Å². The van der Waals surface area contributed by atoms with E-state index in [4.69, 9.17) is 4.74 Å². The van der Waals surface area contributed by atoms with Gasteiger partial charge in [-0.1, -0.05) is 18.6 Å². The molecule has 1 amide bonds. The van der Waals surface area contributed by atoms with E-state index < -0.39 is 0 Å². The van der Waals surface area contributed by atoms with Crippen LogP contribution >= 0.6 is 0 Å². The van der Waals surface area contributed by atoms with Gasteiger partial charge in [0, 0.05) is 0 Å². The fraction of sp³-hybridized carbons (Fsp3) is 0.533. The molecule has 4 heteroatoms. The number of nitrogens with one attached hydrogen (secondary N) is 2. The number of carbonyl (C=O) groups is 1. The van der Waals surface area contributed by atoms with Crippen molar-refractivity contribution >= 4 is 5.91 Å². The smallest absolute Gasteiger partial charge is 0.237 e. The Morgan fingerprint density at radius 3 is 2.68 bits per heavy atom. The van der Waals surface area contributed by atoms with E-state index in [0.717, 1.165) is 37.1 Å². The van der Waals surface area contributed by atoms with Crippen LogP contribution in [0.5, 0.6) is 5.75 Å². The normalized spacial score (nSPS) is 20.6. The van der Waals surface area contributed by atoms with Crippen molar-refractivity contribution in [1.82, 2.24) is 10.6 Å². The molecule has 2 N–H and O–H groups in total. The van der Waals surface area contributed by atoms with Crippen molar-refractivity contribution in [2.45, 2.75) is 38.3 Å². The molecular formula is C15H22N2O2. The summed E-state index contributed by atoms with van der Waals surface area (Å²) in [6, 6.07) is 7.78. The molecule has 0 spiro atoms. The molecule has 2 rings (SSSR count). The largest absolute Gasteiger partial charge is 0.497 e. The predicted molar refractivity (Wildman–Crippen MR) is 75.2 cm³/mol. The number of hydrogen-bond donors (Lipinski definition) is 2. The van der Waals surface area contributed by atoms with E-state index in [1.807, 2.05) is 31.2 Å². The first-order valence-corrected chi connectivity index (χ1v) is 6.88. The molecule has 1 unspecified atom stereocenters. The number of carbonyl (C=O) groups excluding carboxylic acids is 1. The number of amides is 1. The molecule has 1 heterocycles. The van der Waals surface area contributed by atoms with Gasteiger partial charge in [0.05, 0.1) is 19.2 Å². The van der Waals surface area contributed by atoms with Crippen LogP contribution in [0.1, 0.15) is 37.8 Å². The highest BCUT2D eigenvalue weighted by Crippen LogP contribution is 2.17. The van der Waals surface area contributed by atoms with Crippen LogP contribution in [-0.4, -0.2) is 25.6 Å². The van der Waals surface area contributed by atoms with Gasteiger partial charge < -0.3 is 15.4 Å². The summed E-state index contributed by atoms with van der Waals surface area (Å²) >= 11 is 0. The maximum absolute atomic E-state index is 12.1. The van der Waals surface area contributed by atoms with E-state index in [-0.39, 0.29) is 18.0 Å². The number of rotatable bonds is 4. The number of piperidine rings is 1. The number of methoxy groups -OCH3 is 1. The summed E-state index contributed by atoms with van der Waals surface area (Å²) < 4.78 is 5.13.